The fourth-order valence-electron chi connectivity index (χ4n) is 3.89. The second-order valence-electron chi connectivity index (χ2n) is 8.75. The van der Waals surface area contributed by atoms with Gasteiger partial charge in [-0.1, -0.05) is 19.1 Å². The molecule has 3 aromatic rings. The molecule has 1 aliphatic rings. The molecule has 0 bridgehead atoms. The van der Waals surface area contributed by atoms with Crippen molar-refractivity contribution in [3.05, 3.63) is 89.7 Å². The van der Waals surface area contributed by atoms with Gasteiger partial charge in [-0.3, -0.25) is 14.4 Å². The van der Waals surface area contributed by atoms with Crippen molar-refractivity contribution >= 4 is 27.3 Å². The van der Waals surface area contributed by atoms with Gasteiger partial charge in [0.15, 0.2) is 0 Å². The summed E-state index contributed by atoms with van der Waals surface area (Å²) >= 11 is 0. The van der Waals surface area contributed by atoms with Crippen LogP contribution >= 0.6 is 0 Å². The van der Waals surface area contributed by atoms with Gasteiger partial charge >= 0.3 is 0 Å². The molecule has 34 heavy (non-hydrogen) atoms. The number of benzene rings is 3. The van der Waals surface area contributed by atoms with Crippen LogP contribution in [0.4, 0.5) is 15.8 Å². The van der Waals surface area contributed by atoms with E-state index < -0.39 is 15.8 Å². The SMILES string of the molecule is CC1CCN(Cc2ccc(C(=O)Nc3ccc(S(=O)(=O)Nc4ccc(F)cc4)cc3)cc2)CC1. The highest BCUT2D eigenvalue weighted by Crippen LogP contribution is 2.20. The predicted octanol–water partition coefficient (Wildman–Crippen LogP) is 5.11. The molecule has 0 aliphatic carbocycles. The van der Waals surface area contributed by atoms with Crippen LogP contribution in [0.2, 0.25) is 0 Å². The number of hydrogen-bond acceptors (Lipinski definition) is 4. The Morgan fingerprint density at radius 3 is 2.12 bits per heavy atom. The molecule has 6 nitrogen and oxygen atoms in total. The Morgan fingerprint density at radius 1 is 0.912 bits per heavy atom. The van der Waals surface area contributed by atoms with E-state index in [9.17, 15) is 17.6 Å². The van der Waals surface area contributed by atoms with Crippen molar-refractivity contribution < 1.29 is 17.6 Å². The van der Waals surface area contributed by atoms with Crippen LogP contribution in [0.15, 0.2) is 77.7 Å². The molecule has 0 saturated carbocycles. The molecule has 8 heteroatoms. The van der Waals surface area contributed by atoms with E-state index in [1.807, 2.05) is 24.3 Å². The van der Waals surface area contributed by atoms with E-state index in [2.05, 4.69) is 21.9 Å². The Hall–Kier alpha value is -3.23. The Bertz CT molecular complexity index is 1220. The van der Waals surface area contributed by atoms with Gasteiger partial charge in [-0.25, -0.2) is 12.8 Å². The largest absolute Gasteiger partial charge is 0.322 e. The third-order valence-corrected chi connectivity index (χ3v) is 7.41. The van der Waals surface area contributed by atoms with Crippen molar-refractivity contribution in [3.63, 3.8) is 0 Å². The van der Waals surface area contributed by atoms with Crippen LogP contribution < -0.4 is 10.0 Å². The molecule has 1 fully saturated rings. The number of carbonyl (C=O) groups excluding carboxylic acids is 1. The lowest BCUT2D eigenvalue weighted by Gasteiger charge is -2.30. The predicted molar refractivity (Wildman–Crippen MR) is 132 cm³/mol. The monoisotopic (exact) mass is 481 g/mol. The minimum atomic E-state index is -3.83. The Labute approximate surface area is 199 Å². The lowest BCUT2D eigenvalue weighted by atomic mass is 9.99. The molecule has 2 N–H and O–H groups in total. The highest BCUT2D eigenvalue weighted by atomic mass is 32.2. The van der Waals surface area contributed by atoms with E-state index in [0.717, 1.165) is 25.6 Å². The van der Waals surface area contributed by atoms with Gasteiger partial charge in [0.2, 0.25) is 0 Å². The van der Waals surface area contributed by atoms with Crippen molar-refractivity contribution in [2.24, 2.45) is 5.92 Å². The maximum absolute atomic E-state index is 13.0. The van der Waals surface area contributed by atoms with Gasteiger partial charge < -0.3 is 5.32 Å². The van der Waals surface area contributed by atoms with E-state index in [1.54, 1.807) is 0 Å². The lowest BCUT2D eigenvalue weighted by molar-refractivity contribution is 0.102. The first-order valence-electron chi connectivity index (χ1n) is 11.3. The zero-order valence-corrected chi connectivity index (χ0v) is 19.8. The number of hydrogen-bond donors (Lipinski definition) is 2. The zero-order valence-electron chi connectivity index (χ0n) is 19.0. The average molecular weight is 482 g/mol. The molecular weight excluding hydrogens is 453 g/mol. The number of sulfonamides is 1. The third kappa shape index (κ3) is 6.21. The molecule has 1 heterocycles. The van der Waals surface area contributed by atoms with Crippen LogP contribution in [0.1, 0.15) is 35.7 Å². The normalized spacial score (nSPS) is 15.1. The highest BCUT2D eigenvalue weighted by molar-refractivity contribution is 7.92. The van der Waals surface area contributed by atoms with Crippen LogP contribution in [-0.4, -0.2) is 32.3 Å². The van der Waals surface area contributed by atoms with Gasteiger partial charge in [0, 0.05) is 23.5 Å². The molecule has 0 unspecified atom stereocenters. The second-order valence-corrected chi connectivity index (χ2v) is 10.4. The van der Waals surface area contributed by atoms with E-state index in [0.29, 0.717) is 11.3 Å². The van der Waals surface area contributed by atoms with E-state index >= 15 is 0 Å². The van der Waals surface area contributed by atoms with Crippen LogP contribution in [0.5, 0.6) is 0 Å². The molecule has 1 amide bonds. The summed E-state index contributed by atoms with van der Waals surface area (Å²) in [5.74, 6) is 0.0790. The summed E-state index contributed by atoms with van der Waals surface area (Å²) in [6.45, 7) is 5.39. The fourth-order valence-corrected chi connectivity index (χ4v) is 4.95. The van der Waals surface area contributed by atoms with Crippen molar-refractivity contribution in [3.8, 4) is 0 Å². The Balaban J connectivity index is 1.34. The number of rotatable bonds is 7. The van der Waals surface area contributed by atoms with Crippen LogP contribution in [-0.2, 0) is 16.6 Å². The zero-order chi connectivity index (χ0) is 24.1. The molecule has 3 aromatic carbocycles. The summed E-state index contributed by atoms with van der Waals surface area (Å²) in [7, 11) is -3.83. The molecule has 0 aromatic heterocycles. The number of likely N-dealkylation sites (tertiary alicyclic amines) is 1. The Morgan fingerprint density at radius 2 is 1.50 bits per heavy atom. The van der Waals surface area contributed by atoms with E-state index in [-0.39, 0.29) is 16.5 Å². The number of nitrogens with zero attached hydrogens (tertiary/aromatic N) is 1. The number of piperidine rings is 1. The van der Waals surface area contributed by atoms with Gasteiger partial charge in [-0.15, -0.1) is 0 Å². The quantitative estimate of drug-likeness (QED) is 0.492. The maximum Gasteiger partial charge on any atom is 0.261 e. The average Bonchev–Trinajstić information content (AvgIpc) is 2.83. The number of halogens is 1. The molecular formula is C26H28FN3O3S. The van der Waals surface area contributed by atoms with Gasteiger partial charge in [-0.05, 0) is 98.1 Å². The summed E-state index contributed by atoms with van der Waals surface area (Å²) in [5, 5.41) is 2.79. The maximum atomic E-state index is 13.0. The van der Waals surface area contributed by atoms with Crippen LogP contribution in [0.25, 0.3) is 0 Å². The molecule has 0 atom stereocenters. The van der Waals surface area contributed by atoms with Crippen molar-refractivity contribution in [2.75, 3.05) is 23.1 Å². The fraction of sp³-hybridized carbons (Fsp3) is 0.269. The second kappa shape index (κ2) is 10.4. The first-order chi connectivity index (χ1) is 16.3. The molecule has 1 aliphatic heterocycles. The van der Waals surface area contributed by atoms with Gasteiger partial charge in [0.1, 0.15) is 5.82 Å². The number of nitrogens with one attached hydrogen (secondary N) is 2. The lowest BCUT2D eigenvalue weighted by Crippen LogP contribution is -2.32. The van der Waals surface area contributed by atoms with Crippen molar-refractivity contribution in [1.82, 2.24) is 4.90 Å². The molecule has 0 spiro atoms. The summed E-state index contributed by atoms with van der Waals surface area (Å²) in [6.07, 6.45) is 2.45. The van der Waals surface area contributed by atoms with Crippen LogP contribution in [0.3, 0.4) is 0 Å². The molecule has 0 radical (unpaired) electrons. The van der Waals surface area contributed by atoms with E-state index in [4.69, 9.17) is 0 Å². The van der Waals surface area contributed by atoms with Gasteiger partial charge in [0.25, 0.3) is 15.9 Å². The molecule has 1 saturated heterocycles. The van der Waals surface area contributed by atoms with Crippen LogP contribution in [0, 0.1) is 11.7 Å². The summed E-state index contributed by atoms with van der Waals surface area (Å²) < 4.78 is 40.5. The number of anilines is 2. The van der Waals surface area contributed by atoms with Gasteiger partial charge in [0.05, 0.1) is 4.90 Å². The Kier molecular flexibility index (Phi) is 7.29. The minimum Gasteiger partial charge on any atom is -0.322 e. The first-order valence-corrected chi connectivity index (χ1v) is 12.8. The molecule has 178 valence electrons. The number of carbonyl (C=O) groups is 1. The summed E-state index contributed by atoms with van der Waals surface area (Å²) in [6, 6.07) is 18.5. The summed E-state index contributed by atoms with van der Waals surface area (Å²) in [4.78, 5) is 15.1. The standard InChI is InChI=1S/C26H28FN3O3S/c1-19-14-16-30(17-15-19)18-20-2-4-21(5-3-20)26(31)28-23-10-12-25(13-11-23)34(32,33)29-24-8-6-22(27)7-9-24/h2-13,19,29H,14-18H2,1H3,(H,28,31). The summed E-state index contributed by atoms with van der Waals surface area (Å²) in [5.41, 5.74) is 2.45. The topological polar surface area (TPSA) is 78.5 Å². The van der Waals surface area contributed by atoms with Gasteiger partial charge in [-0.2, -0.15) is 0 Å². The van der Waals surface area contributed by atoms with Crippen molar-refractivity contribution in [1.29, 1.82) is 0 Å². The van der Waals surface area contributed by atoms with E-state index in [1.165, 1.54) is 66.9 Å². The minimum absolute atomic E-state index is 0.0336. The smallest absolute Gasteiger partial charge is 0.261 e. The molecule has 4 rings (SSSR count). The third-order valence-electron chi connectivity index (χ3n) is 6.02. The van der Waals surface area contributed by atoms with Crippen molar-refractivity contribution in [2.45, 2.75) is 31.2 Å². The number of amides is 1. The highest BCUT2D eigenvalue weighted by Gasteiger charge is 2.17. The first kappa shape index (κ1) is 23.9.